The SMILES string of the molecule is CN(Cc1ccc(F)cc1)C(=O)CSc1nnc(-c2ccccc2)n1Cc1ccc2c(c1)OCO2. The van der Waals surface area contributed by atoms with E-state index in [2.05, 4.69) is 10.2 Å². The van der Waals surface area contributed by atoms with Gasteiger partial charge in [0.1, 0.15) is 5.82 Å². The molecule has 0 bridgehead atoms. The predicted octanol–water partition coefficient (Wildman–Crippen LogP) is 4.61. The zero-order chi connectivity index (χ0) is 24.2. The number of ether oxygens (including phenoxy) is 2. The second kappa shape index (κ2) is 10.2. The molecule has 0 spiro atoms. The molecule has 0 fully saturated rings. The number of hydrogen-bond acceptors (Lipinski definition) is 6. The van der Waals surface area contributed by atoms with E-state index in [1.807, 2.05) is 53.1 Å². The lowest BCUT2D eigenvalue weighted by atomic mass is 10.2. The maximum Gasteiger partial charge on any atom is 0.233 e. The molecule has 35 heavy (non-hydrogen) atoms. The molecule has 4 aromatic rings. The second-order valence-corrected chi connectivity index (χ2v) is 9.05. The number of aromatic nitrogens is 3. The van der Waals surface area contributed by atoms with Crippen LogP contribution in [0.4, 0.5) is 4.39 Å². The Hall–Kier alpha value is -3.85. The van der Waals surface area contributed by atoms with Crippen molar-refractivity contribution in [3.05, 3.63) is 89.7 Å². The number of carbonyl (C=O) groups is 1. The Morgan fingerprint density at radius 1 is 1.00 bits per heavy atom. The molecular weight excluding hydrogens is 467 g/mol. The van der Waals surface area contributed by atoms with Crippen LogP contribution in [-0.2, 0) is 17.9 Å². The van der Waals surface area contributed by atoms with Gasteiger partial charge in [-0.05, 0) is 35.4 Å². The molecule has 0 saturated carbocycles. The lowest BCUT2D eigenvalue weighted by Gasteiger charge is -2.17. The van der Waals surface area contributed by atoms with Gasteiger partial charge >= 0.3 is 0 Å². The van der Waals surface area contributed by atoms with Crippen molar-refractivity contribution in [2.75, 3.05) is 19.6 Å². The van der Waals surface area contributed by atoms with Gasteiger partial charge in [0.15, 0.2) is 22.5 Å². The zero-order valence-corrected chi connectivity index (χ0v) is 19.9. The molecule has 9 heteroatoms. The van der Waals surface area contributed by atoms with Crippen molar-refractivity contribution in [2.45, 2.75) is 18.2 Å². The van der Waals surface area contributed by atoms with E-state index in [0.717, 1.165) is 28.3 Å². The van der Waals surface area contributed by atoms with E-state index in [1.165, 1.54) is 23.9 Å². The van der Waals surface area contributed by atoms with Gasteiger partial charge in [-0.3, -0.25) is 9.36 Å². The van der Waals surface area contributed by atoms with E-state index in [0.29, 0.717) is 24.0 Å². The highest BCUT2D eigenvalue weighted by atomic mass is 32.2. The first kappa shape index (κ1) is 22.9. The highest BCUT2D eigenvalue weighted by Gasteiger charge is 2.19. The van der Waals surface area contributed by atoms with Crippen LogP contribution in [0.1, 0.15) is 11.1 Å². The van der Waals surface area contributed by atoms with Gasteiger partial charge in [-0.15, -0.1) is 10.2 Å². The fraction of sp³-hybridized carbons (Fsp3) is 0.192. The summed E-state index contributed by atoms with van der Waals surface area (Å²) in [7, 11) is 1.74. The van der Waals surface area contributed by atoms with Crippen LogP contribution in [0, 0.1) is 5.82 Å². The molecule has 0 unspecified atom stereocenters. The summed E-state index contributed by atoms with van der Waals surface area (Å²) in [5.74, 6) is 2.00. The van der Waals surface area contributed by atoms with Gasteiger partial charge in [-0.25, -0.2) is 4.39 Å². The third-order valence-corrected chi connectivity index (χ3v) is 6.56. The summed E-state index contributed by atoms with van der Waals surface area (Å²) in [6, 6.07) is 21.8. The third-order valence-electron chi connectivity index (χ3n) is 5.61. The van der Waals surface area contributed by atoms with Crippen LogP contribution in [0.15, 0.2) is 78.0 Å². The van der Waals surface area contributed by atoms with Gasteiger partial charge in [-0.2, -0.15) is 0 Å². The summed E-state index contributed by atoms with van der Waals surface area (Å²) >= 11 is 1.34. The fourth-order valence-corrected chi connectivity index (χ4v) is 4.63. The number of hydrogen-bond donors (Lipinski definition) is 0. The fourth-order valence-electron chi connectivity index (χ4n) is 3.75. The Morgan fingerprint density at radius 3 is 2.54 bits per heavy atom. The molecule has 1 aliphatic rings. The van der Waals surface area contributed by atoms with E-state index in [-0.39, 0.29) is 24.3 Å². The molecular formula is C26H23FN4O3S. The van der Waals surface area contributed by atoms with E-state index < -0.39 is 0 Å². The largest absolute Gasteiger partial charge is 0.454 e. The minimum Gasteiger partial charge on any atom is -0.454 e. The summed E-state index contributed by atoms with van der Waals surface area (Å²) in [5.41, 5.74) is 2.81. The molecule has 7 nitrogen and oxygen atoms in total. The number of halogens is 1. The van der Waals surface area contributed by atoms with Gasteiger partial charge in [0.2, 0.25) is 12.7 Å². The quantitative estimate of drug-likeness (QED) is 0.336. The van der Waals surface area contributed by atoms with Crippen LogP contribution in [-0.4, -0.2) is 45.2 Å². The highest BCUT2D eigenvalue weighted by molar-refractivity contribution is 7.99. The molecule has 0 N–H and O–H groups in total. The maximum atomic E-state index is 13.2. The van der Waals surface area contributed by atoms with Crippen LogP contribution in [0.25, 0.3) is 11.4 Å². The van der Waals surface area contributed by atoms with E-state index in [9.17, 15) is 9.18 Å². The third kappa shape index (κ3) is 5.30. The van der Waals surface area contributed by atoms with Crippen molar-refractivity contribution >= 4 is 17.7 Å². The Labute approximate surface area is 206 Å². The van der Waals surface area contributed by atoms with Crippen LogP contribution in [0.2, 0.25) is 0 Å². The van der Waals surface area contributed by atoms with E-state index in [1.54, 1.807) is 24.1 Å². The van der Waals surface area contributed by atoms with Crippen molar-refractivity contribution in [1.29, 1.82) is 0 Å². The van der Waals surface area contributed by atoms with Crippen molar-refractivity contribution in [2.24, 2.45) is 0 Å². The van der Waals surface area contributed by atoms with Crippen molar-refractivity contribution in [3.63, 3.8) is 0 Å². The van der Waals surface area contributed by atoms with Crippen molar-refractivity contribution in [1.82, 2.24) is 19.7 Å². The van der Waals surface area contributed by atoms with Crippen molar-refractivity contribution in [3.8, 4) is 22.9 Å². The molecule has 0 saturated heterocycles. The molecule has 2 heterocycles. The first-order valence-corrected chi connectivity index (χ1v) is 12.0. The van der Waals surface area contributed by atoms with E-state index in [4.69, 9.17) is 9.47 Å². The number of nitrogens with zero attached hydrogens (tertiary/aromatic N) is 4. The van der Waals surface area contributed by atoms with E-state index >= 15 is 0 Å². The maximum absolute atomic E-state index is 13.2. The first-order valence-electron chi connectivity index (χ1n) is 11.0. The normalized spacial score (nSPS) is 12.1. The van der Waals surface area contributed by atoms with Crippen LogP contribution >= 0.6 is 11.8 Å². The summed E-state index contributed by atoms with van der Waals surface area (Å²) in [6.07, 6.45) is 0. The van der Waals surface area contributed by atoms with Gasteiger partial charge in [-0.1, -0.05) is 60.3 Å². The summed E-state index contributed by atoms with van der Waals surface area (Å²) < 4.78 is 26.1. The highest BCUT2D eigenvalue weighted by Crippen LogP contribution is 2.33. The Kier molecular flexibility index (Phi) is 6.67. The van der Waals surface area contributed by atoms with Crippen LogP contribution < -0.4 is 9.47 Å². The lowest BCUT2D eigenvalue weighted by Crippen LogP contribution is -2.27. The minimum atomic E-state index is -0.297. The predicted molar refractivity (Wildman–Crippen MR) is 131 cm³/mol. The summed E-state index contributed by atoms with van der Waals surface area (Å²) in [4.78, 5) is 14.4. The number of carbonyl (C=O) groups excluding carboxylic acids is 1. The smallest absolute Gasteiger partial charge is 0.233 e. The van der Waals surface area contributed by atoms with Gasteiger partial charge in [0.05, 0.1) is 12.3 Å². The lowest BCUT2D eigenvalue weighted by molar-refractivity contribution is -0.127. The van der Waals surface area contributed by atoms with Gasteiger partial charge in [0.25, 0.3) is 0 Å². The molecule has 1 aliphatic heterocycles. The average molecular weight is 491 g/mol. The van der Waals surface area contributed by atoms with Gasteiger partial charge < -0.3 is 14.4 Å². The second-order valence-electron chi connectivity index (χ2n) is 8.11. The molecule has 5 rings (SSSR count). The summed E-state index contributed by atoms with van der Waals surface area (Å²) in [5, 5.41) is 9.47. The van der Waals surface area contributed by atoms with Crippen LogP contribution in [0.5, 0.6) is 11.5 Å². The Bertz CT molecular complexity index is 1330. The van der Waals surface area contributed by atoms with Crippen molar-refractivity contribution < 1.29 is 18.7 Å². The molecule has 0 aliphatic carbocycles. The van der Waals surface area contributed by atoms with Crippen LogP contribution in [0.3, 0.4) is 0 Å². The molecule has 3 aromatic carbocycles. The first-order chi connectivity index (χ1) is 17.1. The number of fused-ring (bicyclic) bond motifs is 1. The summed E-state index contributed by atoms with van der Waals surface area (Å²) in [6.45, 7) is 1.13. The number of amides is 1. The molecule has 1 aromatic heterocycles. The number of thioether (sulfide) groups is 1. The molecule has 0 atom stereocenters. The standard InChI is InChI=1S/C26H23FN4O3S/c1-30(14-18-7-10-21(27)11-8-18)24(32)16-35-26-29-28-25(20-5-3-2-4-6-20)31(26)15-19-9-12-22-23(13-19)34-17-33-22/h2-13H,14-17H2,1H3. The Balaban J connectivity index is 1.34. The number of rotatable bonds is 8. The molecule has 178 valence electrons. The monoisotopic (exact) mass is 490 g/mol. The van der Waals surface area contributed by atoms with Gasteiger partial charge in [0, 0.05) is 19.2 Å². The number of benzene rings is 3. The molecule has 0 radical (unpaired) electrons. The molecule has 1 amide bonds. The zero-order valence-electron chi connectivity index (χ0n) is 19.1. The minimum absolute atomic E-state index is 0.0572. The topological polar surface area (TPSA) is 69.5 Å². The Morgan fingerprint density at radius 2 is 1.74 bits per heavy atom. The average Bonchev–Trinajstić information content (AvgIpc) is 3.51.